The van der Waals surface area contributed by atoms with E-state index in [0.29, 0.717) is 21.8 Å². The summed E-state index contributed by atoms with van der Waals surface area (Å²) < 4.78 is 13.5. The highest BCUT2D eigenvalue weighted by atomic mass is 19.1. The van der Waals surface area contributed by atoms with Gasteiger partial charge in [0.15, 0.2) is 0 Å². The Kier molecular flexibility index (Phi) is 1.48. The van der Waals surface area contributed by atoms with Crippen molar-refractivity contribution in [3.63, 3.8) is 0 Å². The van der Waals surface area contributed by atoms with Crippen molar-refractivity contribution in [3.05, 3.63) is 46.6 Å². The van der Waals surface area contributed by atoms with Gasteiger partial charge >= 0.3 is 0 Å². The zero-order valence-corrected chi connectivity index (χ0v) is 7.67. The average molecular weight is 202 g/mol. The van der Waals surface area contributed by atoms with Crippen molar-refractivity contribution in [2.24, 2.45) is 0 Å². The second-order valence-electron chi connectivity index (χ2n) is 3.38. The smallest absolute Gasteiger partial charge is 0.272 e. The monoisotopic (exact) mass is 202 g/mol. The Morgan fingerprint density at radius 1 is 1.20 bits per heavy atom. The molecule has 2 N–H and O–H groups in total. The summed E-state index contributed by atoms with van der Waals surface area (Å²) in [6, 6.07) is 6.44. The van der Waals surface area contributed by atoms with Gasteiger partial charge in [-0.2, -0.15) is 0 Å². The fourth-order valence-electron chi connectivity index (χ4n) is 1.85. The summed E-state index contributed by atoms with van der Waals surface area (Å²) in [7, 11) is 0. The molecule has 0 aliphatic heterocycles. The molecule has 1 aromatic carbocycles. The van der Waals surface area contributed by atoms with Crippen molar-refractivity contribution in [2.75, 3.05) is 0 Å². The zero-order valence-electron chi connectivity index (χ0n) is 7.67. The van der Waals surface area contributed by atoms with Gasteiger partial charge in [-0.05, 0) is 18.2 Å². The summed E-state index contributed by atoms with van der Waals surface area (Å²) in [6.07, 6.45) is 1.52. The summed E-state index contributed by atoms with van der Waals surface area (Å²) in [6.45, 7) is 0. The van der Waals surface area contributed by atoms with Crippen molar-refractivity contribution in [1.29, 1.82) is 0 Å². The van der Waals surface area contributed by atoms with Crippen LogP contribution in [0.3, 0.4) is 0 Å². The number of aromatic amines is 2. The number of aromatic nitrogens is 2. The van der Waals surface area contributed by atoms with Gasteiger partial charge in [-0.1, -0.05) is 6.07 Å². The first-order valence-corrected chi connectivity index (χ1v) is 4.55. The maximum absolute atomic E-state index is 13.5. The molecule has 74 valence electrons. The fourth-order valence-corrected chi connectivity index (χ4v) is 1.85. The SMILES string of the molecule is O=c1[nH]ccc2c1[nH]c1cccc(F)c12. The zero-order chi connectivity index (χ0) is 10.4. The number of pyridine rings is 1. The van der Waals surface area contributed by atoms with Crippen molar-refractivity contribution >= 4 is 21.8 Å². The van der Waals surface area contributed by atoms with Gasteiger partial charge in [0.1, 0.15) is 11.3 Å². The molecule has 0 amide bonds. The minimum Gasteiger partial charge on any atom is -0.350 e. The van der Waals surface area contributed by atoms with Crippen molar-refractivity contribution in [2.45, 2.75) is 0 Å². The molecule has 0 fully saturated rings. The Morgan fingerprint density at radius 3 is 2.93 bits per heavy atom. The molecule has 0 atom stereocenters. The topological polar surface area (TPSA) is 48.6 Å². The van der Waals surface area contributed by atoms with E-state index in [9.17, 15) is 9.18 Å². The maximum Gasteiger partial charge on any atom is 0.272 e. The van der Waals surface area contributed by atoms with E-state index in [1.165, 1.54) is 12.3 Å². The lowest BCUT2D eigenvalue weighted by molar-refractivity contribution is 0.640. The first-order chi connectivity index (χ1) is 7.27. The molecule has 0 bridgehead atoms. The molecule has 0 radical (unpaired) electrons. The van der Waals surface area contributed by atoms with E-state index in [0.717, 1.165) is 0 Å². The van der Waals surface area contributed by atoms with E-state index in [2.05, 4.69) is 9.97 Å². The number of hydrogen-bond acceptors (Lipinski definition) is 1. The molecule has 0 unspecified atom stereocenters. The van der Waals surface area contributed by atoms with Gasteiger partial charge in [0.05, 0.1) is 0 Å². The lowest BCUT2D eigenvalue weighted by Gasteiger charge is -1.91. The maximum atomic E-state index is 13.5. The molecule has 0 saturated heterocycles. The highest BCUT2D eigenvalue weighted by Gasteiger charge is 2.09. The summed E-state index contributed by atoms with van der Waals surface area (Å²) >= 11 is 0. The third-order valence-corrected chi connectivity index (χ3v) is 2.50. The van der Waals surface area contributed by atoms with Crippen LogP contribution in [0.4, 0.5) is 4.39 Å². The number of benzene rings is 1. The van der Waals surface area contributed by atoms with E-state index < -0.39 is 0 Å². The van der Waals surface area contributed by atoms with Crippen molar-refractivity contribution in [1.82, 2.24) is 9.97 Å². The van der Waals surface area contributed by atoms with Crippen molar-refractivity contribution < 1.29 is 4.39 Å². The van der Waals surface area contributed by atoms with Crippen LogP contribution in [0.2, 0.25) is 0 Å². The number of fused-ring (bicyclic) bond motifs is 3. The first kappa shape index (κ1) is 8.23. The number of nitrogens with one attached hydrogen (secondary N) is 2. The van der Waals surface area contributed by atoms with E-state index in [-0.39, 0.29) is 11.4 Å². The van der Waals surface area contributed by atoms with Gasteiger partial charge in [0.25, 0.3) is 5.56 Å². The predicted octanol–water partition coefficient (Wildman–Crippen LogP) is 2.15. The molecule has 3 rings (SSSR count). The molecule has 0 spiro atoms. The highest BCUT2D eigenvalue weighted by molar-refractivity contribution is 6.06. The van der Waals surface area contributed by atoms with E-state index in [1.807, 2.05) is 0 Å². The van der Waals surface area contributed by atoms with Crippen LogP contribution in [0, 0.1) is 5.82 Å². The van der Waals surface area contributed by atoms with Crippen LogP contribution in [-0.2, 0) is 0 Å². The fraction of sp³-hybridized carbons (Fsp3) is 0. The Bertz CT molecular complexity index is 711. The van der Waals surface area contributed by atoms with Crippen molar-refractivity contribution in [3.8, 4) is 0 Å². The lowest BCUT2D eigenvalue weighted by Crippen LogP contribution is -2.03. The number of halogens is 1. The molecule has 3 nitrogen and oxygen atoms in total. The Labute approximate surface area is 83.6 Å². The van der Waals surface area contributed by atoms with Crippen LogP contribution in [0.25, 0.3) is 21.8 Å². The van der Waals surface area contributed by atoms with Gasteiger partial charge < -0.3 is 9.97 Å². The van der Waals surface area contributed by atoms with Crippen LogP contribution in [0.5, 0.6) is 0 Å². The largest absolute Gasteiger partial charge is 0.350 e. The van der Waals surface area contributed by atoms with Gasteiger partial charge in [-0.3, -0.25) is 4.79 Å². The Morgan fingerprint density at radius 2 is 2.07 bits per heavy atom. The van der Waals surface area contributed by atoms with E-state index in [4.69, 9.17) is 0 Å². The summed E-state index contributed by atoms with van der Waals surface area (Å²) in [5.41, 5.74) is 0.822. The van der Waals surface area contributed by atoms with Gasteiger partial charge in [-0.15, -0.1) is 0 Å². The molecule has 2 aromatic heterocycles. The van der Waals surface area contributed by atoms with Crippen LogP contribution in [0.15, 0.2) is 35.3 Å². The number of hydrogen-bond donors (Lipinski definition) is 2. The lowest BCUT2D eigenvalue weighted by atomic mass is 10.2. The van der Waals surface area contributed by atoms with Crippen LogP contribution >= 0.6 is 0 Å². The first-order valence-electron chi connectivity index (χ1n) is 4.55. The average Bonchev–Trinajstić information content (AvgIpc) is 2.59. The molecule has 0 aliphatic rings. The van der Waals surface area contributed by atoms with Crippen LogP contribution in [0.1, 0.15) is 0 Å². The van der Waals surface area contributed by atoms with Crippen LogP contribution < -0.4 is 5.56 Å². The Balaban J connectivity index is 2.71. The third kappa shape index (κ3) is 1.01. The Hall–Kier alpha value is -2.10. The second-order valence-corrected chi connectivity index (χ2v) is 3.38. The van der Waals surface area contributed by atoms with Gasteiger partial charge in [-0.25, -0.2) is 4.39 Å². The molecule has 2 heterocycles. The standard InChI is InChI=1S/C11H7FN2O/c12-7-2-1-3-8-9(7)6-4-5-13-11(15)10(6)14-8/h1-5,14H,(H,13,15). The minimum absolute atomic E-state index is 0.233. The molecule has 4 heteroatoms. The predicted molar refractivity (Wildman–Crippen MR) is 56.4 cm³/mol. The summed E-state index contributed by atoms with van der Waals surface area (Å²) in [5.74, 6) is -0.315. The summed E-state index contributed by atoms with van der Waals surface area (Å²) in [5, 5.41) is 1.09. The van der Waals surface area contributed by atoms with E-state index in [1.54, 1.807) is 18.2 Å². The molecule has 3 aromatic rings. The second kappa shape index (κ2) is 2.70. The molecular weight excluding hydrogens is 195 g/mol. The van der Waals surface area contributed by atoms with E-state index >= 15 is 0 Å². The number of rotatable bonds is 0. The molecule has 0 aliphatic carbocycles. The quantitative estimate of drug-likeness (QED) is 0.576. The highest BCUT2D eigenvalue weighted by Crippen LogP contribution is 2.24. The molecular formula is C11H7FN2O. The summed E-state index contributed by atoms with van der Waals surface area (Å²) in [4.78, 5) is 16.9. The third-order valence-electron chi connectivity index (χ3n) is 2.50. The number of H-pyrrole nitrogens is 2. The molecule has 15 heavy (non-hydrogen) atoms. The normalized spacial score (nSPS) is 11.3. The van der Waals surface area contributed by atoms with Crippen LogP contribution in [-0.4, -0.2) is 9.97 Å². The molecule has 0 saturated carbocycles. The van der Waals surface area contributed by atoms with Gasteiger partial charge in [0, 0.05) is 22.5 Å². The van der Waals surface area contributed by atoms with Gasteiger partial charge in [0.2, 0.25) is 0 Å². The minimum atomic E-state index is -0.315.